The molecule has 0 aromatic rings. The molecule has 142 valence electrons. The van der Waals surface area contributed by atoms with Crippen LogP contribution in [0.5, 0.6) is 0 Å². The van der Waals surface area contributed by atoms with Gasteiger partial charge in [0.1, 0.15) is 11.7 Å². The average Bonchev–Trinajstić information content (AvgIpc) is 2.69. The third-order valence-electron chi connectivity index (χ3n) is 4.55. The Kier molecular flexibility index (Phi) is 6.31. The van der Waals surface area contributed by atoms with Crippen LogP contribution in [0.2, 0.25) is 18.1 Å². The van der Waals surface area contributed by atoms with Crippen molar-refractivity contribution in [3.8, 4) is 0 Å². The van der Waals surface area contributed by atoms with Gasteiger partial charge in [0.2, 0.25) is 0 Å². The van der Waals surface area contributed by atoms with Crippen LogP contribution in [0.3, 0.4) is 0 Å². The molecule has 0 aliphatic carbocycles. The second kappa shape index (κ2) is 7.35. The lowest BCUT2D eigenvalue weighted by atomic mass is 10.2. The van der Waals surface area contributed by atoms with Gasteiger partial charge >= 0.3 is 6.09 Å². The van der Waals surface area contributed by atoms with Gasteiger partial charge in [-0.15, -0.1) is 0 Å². The highest BCUT2D eigenvalue weighted by Gasteiger charge is 2.49. The SMILES string of the molecule is CC(C)(C)OC(=O)N1C(=O)[C@H](O[Si](C)(C)C(C)(C)C)C[C@H]1CN=[N+]=[N-]. The summed E-state index contributed by atoms with van der Waals surface area (Å²) in [5, 5.41) is 3.47. The zero-order chi connectivity index (χ0) is 19.6. The van der Waals surface area contributed by atoms with E-state index < -0.39 is 38.1 Å². The molecule has 0 bridgehead atoms. The van der Waals surface area contributed by atoms with Crippen molar-refractivity contribution < 1.29 is 18.8 Å². The lowest BCUT2D eigenvalue weighted by Gasteiger charge is -2.37. The van der Waals surface area contributed by atoms with Crippen molar-refractivity contribution in [3.05, 3.63) is 10.4 Å². The summed E-state index contributed by atoms with van der Waals surface area (Å²) in [5.74, 6) is -0.419. The van der Waals surface area contributed by atoms with Gasteiger partial charge < -0.3 is 9.16 Å². The number of azide groups is 1. The lowest BCUT2D eigenvalue weighted by Crippen LogP contribution is -2.47. The Hall–Kier alpha value is -1.57. The van der Waals surface area contributed by atoms with E-state index >= 15 is 0 Å². The van der Waals surface area contributed by atoms with Crippen molar-refractivity contribution in [3.63, 3.8) is 0 Å². The fraction of sp³-hybridized carbons (Fsp3) is 0.875. The van der Waals surface area contributed by atoms with Crippen molar-refractivity contribution in [2.75, 3.05) is 6.54 Å². The number of rotatable bonds is 4. The van der Waals surface area contributed by atoms with E-state index in [0.29, 0.717) is 6.42 Å². The van der Waals surface area contributed by atoms with Crippen molar-refractivity contribution in [2.24, 2.45) is 5.11 Å². The molecule has 0 saturated carbocycles. The van der Waals surface area contributed by atoms with E-state index in [4.69, 9.17) is 14.7 Å². The third kappa shape index (κ3) is 5.45. The summed E-state index contributed by atoms with van der Waals surface area (Å²) in [6, 6.07) is -0.548. The van der Waals surface area contributed by atoms with Crippen LogP contribution < -0.4 is 0 Å². The molecule has 0 spiro atoms. The van der Waals surface area contributed by atoms with Crippen LogP contribution in [0.1, 0.15) is 48.0 Å². The maximum absolute atomic E-state index is 12.8. The van der Waals surface area contributed by atoms with Crippen LogP contribution in [0.15, 0.2) is 5.11 Å². The van der Waals surface area contributed by atoms with Crippen LogP contribution in [0.4, 0.5) is 4.79 Å². The highest BCUT2D eigenvalue weighted by atomic mass is 28.4. The van der Waals surface area contributed by atoms with E-state index in [1.807, 2.05) is 0 Å². The molecule has 1 aliphatic heterocycles. The molecule has 2 amide bonds. The molecular weight excluding hydrogens is 340 g/mol. The number of amides is 2. The molecular formula is C16H30N4O4Si. The van der Waals surface area contributed by atoms with E-state index in [9.17, 15) is 9.59 Å². The third-order valence-corrected chi connectivity index (χ3v) is 9.04. The van der Waals surface area contributed by atoms with Crippen molar-refractivity contribution in [1.82, 2.24) is 4.90 Å². The summed E-state index contributed by atoms with van der Waals surface area (Å²) < 4.78 is 11.5. The van der Waals surface area contributed by atoms with Crippen LogP contribution in [0, 0.1) is 0 Å². The number of imide groups is 1. The standard InChI is InChI=1S/C16H30N4O4Si/c1-15(2,3)23-14(22)20-11(10-18-19-17)9-12(13(20)21)24-25(7,8)16(4,5)6/h11-12H,9-10H2,1-8H3/t11-,12+/m0/s1. The molecule has 1 fully saturated rings. The predicted octanol–water partition coefficient (Wildman–Crippen LogP) is 4.22. The van der Waals surface area contributed by atoms with Crippen molar-refractivity contribution in [2.45, 2.75) is 83.8 Å². The Morgan fingerprint density at radius 3 is 2.32 bits per heavy atom. The molecule has 8 nitrogen and oxygen atoms in total. The van der Waals surface area contributed by atoms with Gasteiger partial charge in [-0.2, -0.15) is 0 Å². The highest BCUT2D eigenvalue weighted by Crippen LogP contribution is 2.39. The van der Waals surface area contributed by atoms with Crippen molar-refractivity contribution >= 4 is 20.3 Å². The molecule has 25 heavy (non-hydrogen) atoms. The molecule has 1 saturated heterocycles. The normalized spacial score (nSPS) is 21.9. The fourth-order valence-corrected chi connectivity index (χ4v) is 3.52. The zero-order valence-electron chi connectivity index (χ0n) is 16.5. The maximum Gasteiger partial charge on any atom is 0.417 e. The Morgan fingerprint density at radius 2 is 1.88 bits per heavy atom. The van der Waals surface area contributed by atoms with E-state index in [0.717, 1.165) is 4.90 Å². The van der Waals surface area contributed by atoms with Gasteiger partial charge in [-0.05, 0) is 44.4 Å². The number of hydrogen-bond acceptors (Lipinski definition) is 5. The minimum atomic E-state index is -2.19. The number of carbonyl (C=O) groups is 2. The summed E-state index contributed by atoms with van der Waals surface area (Å²) in [6.45, 7) is 15.6. The van der Waals surface area contributed by atoms with Gasteiger partial charge in [0.05, 0.1) is 6.04 Å². The van der Waals surface area contributed by atoms with Gasteiger partial charge in [-0.1, -0.05) is 25.9 Å². The van der Waals surface area contributed by atoms with E-state index in [2.05, 4.69) is 43.9 Å². The molecule has 1 heterocycles. The Morgan fingerprint density at radius 1 is 1.32 bits per heavy atom. The fourth-order valence-electron chi connectivity index (χ4n) is 2.26. The Balaban J connectivity index is 3.04. The molecule has 0 radical (unpaired) electrons. The molecule has 9 heteroatoms. The quantitative estimate of drug-likeness (QED) is 0.319. The lowest BCUT2D eigenvalue weighted by molar-refractivity contribution is -0.133. The van der Waals surface area contributed by atoms with Crippen LogP contribution in [0.25, 0.3) is 10.4 Å². The smallest absolute Gasteiger partial charge is 0.417 e. The van der Waals surface area contributed by atoms with E-state index in [1.165, 1.54) is 0 Å². The van der Waals surface area contributed by atoms with Gasteiger partial charge in [0.25, 0.3) is 5.91 Å². The molecule has 0 aromatic carbocycles. The van der Waals surface area contributed by atoms with Gasteiger partial charge in [0, 0.05) is 17.9 Å². The zero-order valence-corrected chi connectivity index (χ0v) is 17.5. The number of nitrogens with zero attached hydrogens (tertiary/aromatic N) is 4. The van der Waals surface area contributed by atoms with Crippen LogP contribution in [-0.4, -0.2) is 49.5 Å². The number of hydrogen-bond donors (Lipinski definition) is 0. The Bertz CT molecular complexity index is 574. The molecule has 1 aliphatic rings. The highest BCUT2D eigenvalue weighted by molar-refractivity contribution is 6.74. The van der Waals surface area contributed by atoms with Crippen molar-refractivity contribution in [1.29, 1.82) is 0 Å². The summed E-state index contributed by atoms with van der Waals surface area (Å²) in [6.07, 6.45) is -1.13. The first-order valence-electron chi connectivity index (χ1n) is 8.44. The molecule has 0 N–H and O–H groups in total. The minimum absolute atomic E-state index is 0.0127. The van der Waals surface area contributed by atoms with Crippen LogP contribution >= 0.6 is 0 Å². The Labute approximate surface area is 150 Å². The summed E-state index contributed by atoms with van der Waals surface area (Å²) in [4.78, 5) is 29.0. The first-order valence-corrected chi connectivity index (χ1v) is 11.3. The topological polar surface area (TPSA) is 105 Å². The van der Waals surface area contributed by atoms with E-state index in [-0.39, 0.29) is 11.6 Å². The van der Waals surface area contributed by atoms with Crippen LogP contribution in [-0.2, 0) is 14.0 Å². The monoisotopic (exact) mass is 370 g/mol. The maximum atomic E-state index is 12.8. The largest absolute Gasteiger partial charge is 0.443 e. The molecule has 0 unspecified atom stereocenters. The predicted molar refractivity (Wildman–Crippen MR) is 97.6 cm³/mol. The second-order valence-corrected chi connectivity index (χ2v) is 13.6. The minimum Gasteiger partial charge on any atom is -0.443 e. The van der Waals surface area contributed by atoms with Gasteiger partial charge in [-0.25, -0.2) is 9.69 Å². The summed E-state index contributed by atoms with van der Waals surface area (Å²) >= 11 is 0. The van der Waals surface area contributed by atoms with E-state index in [1.54, 1.807) is 20.8 Å². The molecule has 0 aromatic heterocycles. The summed E-state index contributed by atoms with van der Waals surface area (Å²) in [7, 11) is -2.19. The van der Waals surface area contributed by atoms with Gasteiger partial charge in [-0.3, -0.25) is 4.79 Å². The molecule has 2 atom stereocenters. The molecule has 1 rings (SSSR count). The van der Waals surface area contributed by atoms with Gasteiger partial charge in [0.15, 0.2) is 8.32 Å². The number of ether oxygens (including phenoxy) is 1. The first kappa shape index (κ1) is 21.5. The average molecular weight is 371 g/mol. The second-order valence-electron chi connectivity index (χ2n) is 8.86. The first-order chi connectivity index (χ1) is 11.2. The number of likely N-dealkylation sites (tertiary alicyclic amines) is 1. The summed E-state index contributed by atoms with van der Waals surface area (Å²) in [5.41, 5.74) is 7.85. The number of carbonyl (C=O) groups excluding carboxylic acids is 2.